The van der Waals surface area contributed by atoms with E-state index in [0.717, 1.165) is 54.6 Å². The fraction of sp³-hybridized carbons (Fsp3) is 0.385. The van der Waals surface area contributed by atoms with Crippen LogP contribution >= 0.6 is 0 Å². The van der Waals surface area contributed by atoms with E-state index in [4.69, 9.17) is 9.72 Å². The quantitative estimate of drug-likeness (QED) is 0.139. The minimum atomic E-state index is -3.20. The molecule has 0 saturated carbocycles. The van der Waals surface area contributed by atoms with Crippen LogP contribution < -0.4 is 10.6 Å². The van der Waals surface area contributed by atoms with Crippen molar-refractivity contribution in [2.45, 2.75) is 70.0 Å². The van der Waals surface area contributed by atoms with E-state index in [1.807, 2.05) is 44.2 Å². The molecule has 2 aromatic heterocycles. The van der Waals surface area contributed by atoms with Gasteiger partial charge in [0.25, 0.3) is 5.92 Å². The molecule has 3 aromatic carbocycles. The van der Waals surface area contributed by atoms with Gasteiger partial charge in [-0.05, 0) is 91.1 Å². The number of imidazole rings is 2. The maximum Gasteiger partial charge on any atom is 0.407 e. The van der Waals surface area contributed by atoms with Crippen LogP contribution in [-0.4, -0.2) is 63.1 Å². The van der Waals surface area contributed by atoms with Gasteiger partial charge in [0.2, 0.25) is 5.91 Å². The molecule has 4 N–H and O–H groups in total. The molecule has 2 saturated heterocycles. The summed E-state index contributed by atoms with van der Waals surface area (Å²) in [5.74, 6) is -2.08. The number of piperidine rings is 1. The number of benzene rings is 3. The zero-order valence-electron chi connectivity index (χ0n) is 28.9. The Labute approximate surface area is 294 Å². The van der Waals surface area contributed by atoms with E-state index >= 15 is 8.78 Å². The van der Waals surface area contributed by atoms with Crippen molar-refractivity contribution in [2.24, 2.45) is 5.92 Å². The Morgan fingerprint density at radius 1 is 0.922 bits per heavy atom. The molecule has 2 fully saturated rings. The Hall–Kier alpha value is -5.10. The lowest BCUT2D eigenvalue weighted by Gasteiger charge is -2.37. The molecule has 0 bridgehead atoms. The van der Waals surface area contributed by atoms with Gasteiger partial charge in [0.15, 0.2) is 0 Å². The van der Waals surface area contributed by atoms with E-state index in [2.05, 4.69) is 25.6 Å². The number of nitrogens with one attached hydrogen (secondary N) is 4. The Morgan fingerprint density at radius 2 is 1.65 bits per heavy atom. The number of carbonyl (C=O) groups is 2. The highest BCUT2D eigenvalue weighted by Crippen LogP contribution is 2.52. The molecule has 0 spiro atoms. The average molecular weight is 694 g/mol. The molecule has 0 radical (unpaired) electrons. The third kappa shape index (κ3) is 5.85. The highest BCUT2D eigenvalue weighted by Gasteiger charge is 2.45. The molecular weight excluding hydrogens is 652 g/mol. The molecule has 5 aromatic rings. The van der Waals surface area contributed by atoms with Gasteiger partial charge in [0.05, 0.1) is 42.1 Å². The normalized spacial score (nSPS) is 20.0. The number of aromatic amines is 2. The molecule has 8 rings (SSSR count). The van der Waals surface area contributed by atoms with E-state index in [-0.39, 0.29) is 35.0 Å². The molecular formula is C39H41F2N7O3. The zero-order valence-corrected chi connectivity index (χ0v) is 28.9. The third-order valence-electron chi connectivity index (χ3n) is 10.6. The maximum atomic E-state index is 16.3. The van der Waals surface area contributed by atoms with Crippen molar-refractivity contribution in [3.8, 4) is 33.5 Å². The molecule has 3 aliphatic rings. The second-order valence-electron chi connectivity index (χ2n) is 14.2. The number of likely N-dealkylation sites (tertiary alicyclic amines) is 1. The molecule has 2 unspecified atom stereocenters. The van der Waals surface area contributed by atoms with Crippen molar-refractivity contribution in [1.29, 1.82) is 0 Å². The minimum Gasteiger partial charge on any atom is -0.453 e. The first-order chi connectivity index (χ1) is 24.6. The zero-order chi connectivity index (χ0) is 35.4. The highest BCUT2D eigenvalue weighted by molar-refractivity contribution is 5.88. The number of hydrogen-bond acceptors (Lipinski definition) is 6. The number of rotatable bonds is 7. The van der Waals surface area contributed by atoms with Crippen LogP contribution in [0.3, 0.4) is 0 Å². The van der Waals surface area contributed by atoms with Crippen LogP contribution in [0, 0.1) is 5.92 Å². The van der Waals surface area contributed by atoms with Gasteiger partial charge >= 0.3 is 6.09 Å². The molecule has 2 amide bonds. The van der Waals surface area contributed by atoms with E-state index in [9.17, 15) is 9.59 Å². The summed E-state index contributed by atoms with van der Waals surface area (Å²) >= 11 is 0. The second-order valence-corrected chi connectivity index (χ2v) is 14.2. The number of halogens is 2. The van der Waals surface area contributed by atoms with Crippen LogP contribution in [0.4, 0.5) is 13.6 Å². The fourth-order valence-corrected chi connectivity index (χ4v) is 7.87. The van der Waals surface area contributed by atoms with Gasteiger partial charge in [-0.15, -0.1) is 0 Å². The first-order valence-electron chi connectivity index (χ1n) is 17.7. The average Bonchev–Trinajstić information content (AvgIpc) is 3.96. The molecule has 51 heavy (non-hydrogen) atoms. The molecule has 12 heteroatoms. The lowest BCUT2D eigenvalue weighted by Crippen LogP contribution is -2.53. The Morgan fingerprint density at radius 3 is 2.37 bits per heavy atom. The Kier molecular flexibility index (Phi) is 8.36. The van der Waals surface area contributed by atoms with Gasteiger partial charge in [-0.1, -0.05) is 44.2 Å². The summed E-state index contributed by atoms with van der Waals surface area (Å²) in [5.41, 5.74) is 5.42. The topological polar surface area (TPSA) is 128 Å². The SMILES string of the molecule is COC(=O)N[C@H](C(=O)N1CCCCC1c1ncc(-c2ccc3c(c2)C(F)(F)c2cc(-c4ccc5nc(C6CCCN6)[nH]c5c4)ccc2-3)[nH]1)C(C)C. The van der Waals surface area contributed by atoms with Crippen molar-refractivity contribution in [1.82, 2.24) is 35.5 Å². The van der Waals surface area contributed by atoms with Crippen LogP contribution in [0.15, 0.2) is 60.8 Å². The summed E-state index contributed by atoms with van der Waals surface area (Å²) in [5, 5.41) is 6.14. The van der Waals surface area contributed by atoms with Crippen molar-refractivity contribution < 1.29 is 23.1 Å². The molecule has 3 atom stereocenters. The number of alkyl halides is 2. The van der Waals surface area contributed by atoms with E-state index in [0.29, 0.717) is 46.7 Å². The molecule has 10 nitrogen and oxygen atoms in total. The van der Waals surface area contributed by atoms with Gasteiger partial charge < -0.3 is 30.2 Å². The number of carbonyl (C=O) groups excluding carboxylic acids is 2. The fourth-order valence-electron chi connectivity index (χ4n) is 7.87. The summed E-state index contributed by atoms with van der Waals surface area (Å²) in [4.78, 5) is 43.6. The van der Waals surface area contributed by atoms with Gasteiger partial charge in [-0.3, -0.25) is 4.79 Å². The summed E-state index contributed by atoms with van der Waals surface area (Å²) < 4.78 is 37.4. The molecule has 2 aliphatic heterocycles. The Balaban J connectivity index is 1.05. The number of fused-ring (bicyclic) bond motifs is 4. The van der Waals surface area contributed by atoms with E-state index < -0.39 is 18.1 Å². The highest BCUT2D eigenvalue weighted by atomic mass is 19.3. The van der Waals surface area contributed by atoms with Gasteiger partial charge in [0.1, 0.15) is 17.7 Å². The van der Waals surface area contributed by atoms with Gasteiger partial charge in [-0.25, -0.2) is 14.8 Å². The van der Waals surface area contributed by atoms with Crippen LogP contribution in [0.5, 0.6) is 0 Å². The summed E-state index contributed by atoms with van der Waals surface area (Å²) in [6, 6.07) is 15.4. The van der Waals surface area contributed by atoms with E-state index in [1.54, 1.807) is 35.4 Å². The monoisotopic (exact) mass is 693 g/mol. The van der Waals surface area contributed by atoms with Gasteiger partial charge in [-0.2, -0.15) is 8.78 Å². The number of ether oxygens (including phenoxy) is 1. The van der Waals surface area contributed by atoms with Crippen molar-refractivity contribution in [2.75, 3.05) is 20.2 Å². The number of amides is 2. The smallest absolute Gasteiger partial charge is 0.407 e. The maximum absolute atomic E-state index is 16.3. The molecule has 1 aliphatic carbocycles. The van der Waals surface area contributed by atoms with Crippen molar-refractivity contribution in [3.05, 3.63) is 83.6 Å². The second kappa shape index (κ2) is 12.9. The largest absolute Gasteiger partial charge is 0.453 e. The van der Waals surface area contributed by atoms with Crippen LogP contribution in [0.25, 0.3) is 44.5 Å². The summed E-state index contributed by atoms with van der Waals surface area (Å²) in [6.45, 7) is 5.23. The van der Waals surface area contributed by atoms with Crippen molar-refractivity contribution in [3.63, 3.8) is 0 Å². The number of hydrogen-bond donors (Lipinski definition) is 4. The summed E-state index contributed by atoms with van der Waals surface area (Å²) in [7, 11) is 1.27. The number of nitrogens with zero attached hydrogens (tertiary/aromatic N) is 3. The minimum absolute atomic E-state index is 0.0189. The first-order valence-corrected chi connectivity index (χ1v) is 17.7. The predicted octanol–water partition coefficient (Wildman–Crippen LogP) is 7.60. The molecule has 264 valence electrons. The Bertz CT molecular complexity index is 2130. The number of methoxy groups -OCH3 is 1. The summed E-state index contributed by atoms with van der Waals surface area (Å²) in [6.07, 6.45) is 5.55. The predicted molar refractivity (Wildman–Crippen MR) is 190 cm³/mol. The lowest BCUT2D eigenvalue weighted by atomic mass is 9.97. The third-order valence-corrected chi connectivity index (χ3v) is 10.6. The van der Waals surface area contributed by atoms with Gasteiger partial charge in [0, 0.05) is 23.2 Å². The van der Waals surface area contributed by atoms with Crippen LogP contribution in [-0.2, 0) is 15.5 Å². The number of H-pyrrole nitrogens is 2. The lowest BCUT2D eigenvalue weighted by molar-refractivity contribution is -0.138. The van der Waals surface area contributed by atoms with Crippen LogP contribution in [0.2, 0.25) is 0 Å². The number of aromatic nitrogens is 4. The number of alkyl carbamates (subject to hydrolysis) is 1. The van der Waals surface area contributed by atoms with Crippen molar-refractivity contribution >= 4 is 23.0 Å². The standard InChI is InChI=1S/C39H41F2N7O3/c1-21(2)34(47-38(50)51-3)37(49)48-16-5-4-8-33(48)36-43-20-32(46-36)24-10-13-26-25-12-9-22(17-27(25)39(40,41)28(26)18-24)23-11-14-29-31(19-23)45-35(44-29)30-7-6-15-42-30/h9-14,17-21,30,33-34,42H,4-8,15-16H2,1-3H3,(H,43,46)(H,44,45)(H,47,50)/t30?,33?,34-/m0/s1. The molecule has 4 heterocycles. The van der Waals surface area contributed by atoms with E-state index in [1.165, 1.54) is 7.11 Å². The van der Waals surface area contributed by atoms with Crippen LogP contribution in [0.1, 0.15) is 80.8 Å². The first kappa shape index (κ1) is 33.1.